The number of carbonyl (C=O) groups is 1. The summed E-state index contributed by atoms with van der Waals surface area (Å²) < 4.78 is 4.53. The third kappa shape index (κ3) is 2.56. The molecule has 2 heteroatoms. The topological polar surface area (TPSA) is 17.1 Å². The van der Waals surface area contributed by atoms with Gasteiger partial charge in [0.05, 0.1) is 0 Å². The quantitative estimate of drug-likeness (QED) is 0.658. The summed E-state index contributed by atoms with van der Waals surface area (Å²) in [6, 6.07) is 0. The van der Waals surface area contributed by atoms with Gasteiger partial charge in [-0.3, -0.25) is 0 Å². The fourth-order valence-corrected chi connectivity index (χ4v) is 3.25. The van der Waals surface area contributed by atoms with Crippen LogP contribution < -0.4 is 0 Å². The van der Waals surface area contributed by atoms with Crippen molar-refractivity contribution in [1.82, 2.24) is 0 Å². The summed E-state index contributed by atoms with van der Waals surface area (Å²) >= 11 is -0.441. The molecule has 1 heterocycles. The second-order valence-corrected chi connectivity index (χ2v) is 5.31. The van der Waals surface area contributed by atoms with E-state index in [0.29, 0.717) is 0 Å². The third-order valence-electron chi connectivity index (χ3n) is 1.20. The molecule has 1 aliphatic rings. The molecule has 1 rings (SSSR count). The number of hydrogen-bond donors (Lipinski definition) is 0. The van der Waals surface area contributed by atoms with E-state index in [1.807, 2.05) is 6.08 Å². The van der Waals surface area contributed by atoms with Gasteiger partial charge in [-0.1, -0.05) is 0 Å². The predicted octanol–water partition coefficient (Wildman–Crippen LogP) is 1.25. The molecule has 0 aromatic heterocycles. The van der Waals surface area contributed by atoms with Gasteiger partial charge in [0, 0.05) is 0 Å². The first-order valence-electron chi connectivity index (χ1n) is 3.19. The monoisotopic (exact) mass is 235 g/mol. The molecule has 0 spiro atoms. The fraction of sp³-hybridized carbons (Fsp3) is 0.125. The SMILES string of the molecule is CC(=O)/C=C/C1=[CH][In][CH]=C1. The molecule has 0 aliphatic carbocycles. The van der Waals surface area contributed by atoms with E-state index in [0.717, 1.165) is 0 Å². The molecule has 1 nitrogen and oxygen atoms in total. The summed E-state index contributed by atoms with van der Waals surface area (Å²) in [6.07, 6.45) is 5.60. The Labute approximate surface area is 71.9 Å². The molecular formula is C8H8InO. The van der Waals surface area contributed by atoms with Crippen LogP contribution in [0.2, 0.25) is 0 Å². The minimum absolute atomic E-state index is 0.119. The van der Waals surface area contributed by atoms with E-state index < -0.39 is 22.9 Å². The van der Waals surface area contributed by atoms with Gasteiger partial charge in [-0.15, -0.1) is 0 Å². The van der Waals surface area contributed by atoms with Crippen LogP contribution in [0.4, 0.5) is 0 Å². The Hall–Kier alpha value is -0.240. The van der Waals surface area contributed by atoms with E-state index in [9.17, 15) is 4.79 Å². The van der Waals surface area contributed by atoms with Crippen molar-refractivity contribution in [3.63, 3.8) is 0 Å². The molecule has 0 fully saturated rings. The zero-order valence-electron chi connectivity index (χ0n) is 5.87. The van der Waals surface area contributed by atoms with Gasteiger partial charge in [-0.25, -0.2) is 0 Å². The van der Waals surface area contributed by atoms with Crippen molar-refractivity contribution in [3.8, 4) is 0 Å². The van der Waals surface area contributed by atoms with Crippen LogP contribution in [0.1, 0.15) is 6.92 Å². The molecule has 0 bridgehead atoms. The minimum atomic E-state index is -0.441. The average molecular weight is 235 g/mol. The molecule has 0 aromatic carbocycles. The van der Waals surface area contributed by atoms with Crippen molar-refractivity contribution in [2.24, 2.45) is 0 Å². The van der Waals surface area contributed by atoms with Gasteiger partial charge in [-0.05, 0) is 0 Å². The van der Waals surface area contributed by atoms with Crippen LogP contribution in [0.25, 0.3) is 0 Å². The molecule has 0 amide bonds. The Kier molecular flexibility index (Phi) is 3.00. The van der Waals surface area contributed by atoms with Crippen LogP contribution in [0.3, 0.4) is 0 Å². The molecule has 49 valence electrons. The molecule has 0 unspecified atom stereocenters. The number of hydrogen-bond acceptors (Lipinski definition) is 1. The van der Waals surface area contributed by atoms with E-state index in [4.69, 9.17) is 0 Å². The molecule has 0 saturated carbocycles. The van der Waals surface area contributed by atoms with E-state index in [1.165, 1.54) is 5.57 Å². The Bertz CT molecular complexity index is 223. The van der Waals surface area contributed by atoms with Crippen molar-refractivity contribution in [2.45, 2.75) is 6.92 Å². The van der Waals surface area contributed by atoms with Crippen LogP contribution in [0.5, 0.6) is 0 Å². The van der Waals surface area contributed by atoms with Crippen molar-refractivity contribution < 1.29 is 4.79 Å². The van der Waals surface area contributed by atoms with Crippen molar-refractivity contribution in [1.29, 1.82) is 0 Å². The third-order valence-corrected chi connectivity index (χ3v) is 4.03. The summed E-state index contributed by atoms with van der Waals surface area (Å²) in [5, 5.41) is 0. The van der Waals surface area contributed by atoms with E-state index in [2.05, 4.69) is 13.7 Å². The first-order valence-corrected chi connectivity index (χ1v) is 7.00. The molecular weight excluding hydrogens is 227 g/mol. The molecule has 0 N–H and O–H groups in total. The first kappa shape index (κ1) is 7.86. The Morgan fingerprint density at radius 3 is 3.00 bits per heavy atom. The van der Waals surface area contributed by atoms with Crippen molar-refractivity contribution >= 4 is 28.7 Å². The zero-order chi connectivity index (χ0) is 7.40. The number of carbonyl (C=O) groups excluding carboxylic acids is 1. The van der Waals surface area contributed by atoms with Crippen molar-refractivity contribution in [3.05, 3.63) is 31.5 Å². The number of rotatable bonds is 2. The van der Waals surface area contributed by atoms with E-state index >= 15 is 0 Å². The van der Waals surface area contributed by atoms with Crippen LogP contribution in [-0.4, -0.2) is 28.7 Å². The number of allylic oxidation sites excluding steroid dienone is 4. The van der Waals surface area contributed by atoms with Gasteiger partial charge in [0.15, 0.2) is 0 Å². The normalized spacial score (nSPS) is 15.5. The maximum atomic E-state index is 10.5. The Morgan fingerprint density at radius 2 is 2.50 bits per heavy atom. The number of ketones is 1. The van der Waals surface area contributed by atoms with Crippen LogP contribution in [0, 0.1) is 0 Å². The van der Waals surface area contributed by atoms with E-state index in [-0.39, 0.29) is 5.78 Å². The summed E-state index contributed by atoms with van der Waals surface area (Å²) in [7, 11) is 0. The average Bonchev–Trinajstić information content (AvgIpc) is 2.34. The molecule has 10 heavy (non-hydrogen) atoms. The van der Waals surface area contributed by atoms with Gasteiger partial charge in [0.1, 0.15) is 0 Å². The van der Waals surface area contributed by atoms with Gasteiger partial charge in [-0.2, -0.15) is 0 Å². The summed E-state index contributed by atoms with van der Waals surface area (Å²) in [5.74, 6) is 0.119. The van der Waals surface area contributed by atoms with E-state index in [1.54, 1.807) is 13.0 Å². The van der Waals surface area contributed by atoms with Gasteiger partial charge >= 0.3 is 71.9 Å². The van der Waals surface area contributed by atoms with Crippen LogP contribution in [-0.2, 0) is 4.79 Å². The van der Waals surface area contributed by atoms with Gasteiger partial charge in [0.25, 0.3) is 0 Å². The second kappa shape index (κ2) is 3.81. The molecule has 0 aromatic rings. The standard InChI is InChI=1S/C8H8O.In/c1-4-7(2)5-6-8(3)9;/h1-2,4-6H,3H3;/b4-1?,6-5+,7-2?;. The molecule has 0 atom stereocenters. The zero-order valence-corrected chi connectivity index (χ0v) is 9.17. The Morgan fingerprint density at radius 1 is 1.70 bits per heavy atom. The molecule has 0 saturated heterocycles. The molecule has 1 radical (unpaired) electrons. The first-order chi connectivity index (χ1) is 4.79. The molecule has 1 aliphatic heterocycles. The predicted molar refractivity (Wildman–Crippen MR) is 42.8 cm³/mol. The fourth-order valence-electron chi connectivity index (χ4n) is 0.714. The summed E-state index contributed by atoms with van der Waals surface area (Å²) in [5.41, 5.74) is 1.22. The van der Waals surface area contributed by atoms with Gasteiger partial charge < -0.3 is 0 Å². The van der Waals surface area contributed by atoms with Crippen LogP contribution >= 0.6 is 0 Å². The Balaban J connectivity index is 2.53. The van der Waals surface area contributed by atoms with Crippen LogP contribution in [0.15, 0.2) is 31.5 Å². The van der Waals surface area contributed by atoms with Crippen molar-refractivity contribution in [2.75, 3.05) is 0 Å². The van der Waals surface area contributed by atoms with Gasteiger partial charge in [0.2, 0.25) is 0 Å². The maximum absolute atomic E-state index is 10.5. The second-order valence-electron chi connectivity index (χ2n) is 2.16. The summed E-state index contributed by atoms with van der Waals surface area (Å²) in [4.78, 5) is 10.5. The summed E-state index contributed by atoms with van der Waals surface area (Å²) in [6.45, 7) is 1.57.